The number of aromatic hydroxyl groups is 1. The number of aromatic nitrogens is 6. The molecule has 12 heterocycles. The molecular weight excluding hydrogens is 1860 g/mol. The van der Waals surface area contributed by atoms with E-state index in [1.54, 1.807) is 43.9 Å². The van der Waals surface area contributed by atoms with Gasteiger partial charge in [0.25, 0.3) is 17.7 Å². The Hall–Kier alpha value is -12.9. The number of ether oxygens (including phenoxy) is 3. The van der Waals surface area contributed by atoms with Crippen LogP contribution < -0.4 is 28.9 Å². The fourth-order valence-electron chi connectivity index (χ4n) is 20.6. The monoisotopic (exact) mass is 1960 g/mol. The number of likely N-dealkylation sites (N-methyl/N-ethyl adjacent to an activating group) is 3. The lowest BCUT2D eigenvalue weighted by Crippen LogP contribution is -2.55. The highest BCUT2D eigenvalue weighted by Crippen LogP contribution is 2.45. The van der Waals surface area contributed by atoms with Crippen LogP contribution in [-0.2, 0) is 72.7 Å². The van der Waals surface area contributed by atoms with Gasteiger partial charge in [0.15, 0.2) is 0 Å². The fourth-order valence-corrected chi connectivity index (χ4v) is 21.7. The molecule has 9 aromatic rings. The third-order valence-corrected chi connectivity index (χ3v) is 29.1. The number of aryl methyl sites for hydroxylation is 2. The van der Waals surface area contributed by atoms with E-state index in [1.165, 1.54) is 57.8 Å². The summed E-state index contributed by atoms with van der Waals surface area (Å²) < 4.78 is 62.3. The summed E-state index contributed by atoms with van der Waals surface area (Å²) in [5.74, 6) is 0.416. The largest absolute Gasteiger partial charge is 0.508 e. The summed E-state index contributed by atoms with van der Waals surface area (Å²) in [6, 6.07) is 32.5. The Morgan fingerprint density at radius 1 is 0.444 bits per heavy atom. The maximum Gasteiger partial charge on any atom is 0.417 e. The molecule has 0 saturated carbocycles. The topological polar surface area (TPSA) is 338 Å². The summed E-state index contributed by atoms with van der Waals surface area (Å²) >= 11 is 7.31. The normalized spacial score (nSPS) is 20.3. The van der Waals surface area contributed by atoms with Crippen LogP contribution >= 0.6 is 31.9 Å². The number of phenols is 1. The van der Waals surface area contributed by atoms with E-state index < -0.39 is 23.7 Å². The third kappa shape index (κ3) is 19.5. The number of alkyl halides is 3. The minimum absolute atomic E-state index is 0.0131. The molecule has 31 nitrogen and oxygen atoms in total. The van der Waals surface area contributed by atoms with Crippen molar-refractivity contribution < 1.29 is 61.3 Å². The van der Waals surface area contributed by atoms with Crippen molar-refractivity contribution in [2.75, 3.05) is 134 Å². The van der Waals surface area contributed by atoms with Crippen molar-refractivity contribution >= 4 is 117 Å². The molecule has 1 N–H and O–H groups in total. The lowest BCUT2D eigenvalue weighted by atomic mass is 9.98. The molecule has 6 aromatic carbocycles. The third-order valence-electron chi connectivity index (χ3n) is 27.8. The second-order valence-corrected chi connectivity index (χ2v) is 37.6. The van der Waals surface area contributed by atoms with Crippen LogP contribution in [0.5, 0.6) is 23.8 Å². The number of amides is 6. The summed E-state index contributed by atoms with van der Waals surface area (Å²) in [5, 5.41) is 42.8. The maximum atomic E-state index is 14.2. The van der Waals surface area contributed by atoms with Crippen LogP contribution in [0.4, 0.5) is 30.6 Å². The summed E-state index contributed by atoms with van der Waals surface area (Å²) in [5.41, 5.74) is 7.10. The predicted octanol–water partition coefficient (Wildman–Crippen LogP) is 12.5. The van der Waals surface area contributed by atoms with Gasteiger partial charge in [-0.3, -0.25) is 28.8 Å². The number of likely N-dealkylation sites (tertiary alicyclic amines) is 3. The number of carbonyl (C=O) groups excluding carboxylic acids is 6. The van der Waals surface area contributed by atoms with Gasteiger partial charge in [0.1, 0.15) is 43.0 Å². The van der Waals surface area contributed by atoms with Gasteiger partial charge in [-0.25, -0.2) is 0 Å². The Labute approximate surface area is 796 Å². The molecular formula is C99H104Br2F3N21O10. The number of phenolic OH excluding ortho intramolecular Hbond substituents is 1. The molecule has 0 spiro atoms. The van der Waals surface area contributed by atoms with Crippen molar-refractivity contribution in [1.82, 2.24) is 74.0 Å². The molecule has 6 fully saturated rings. The molecule has 10 aliphatic rings. The number of carbonyl (C=O) groups is 6. The van der Waals surface area contributed by atoms with Gasteiger partial charge in [0.2, 0.25) is 17.7 Å². The number of piperazine rings is 3. The molecule has 135 heavy (non-hydrogen) atoms. The second kappa shape index (κ2) is 40.3. The zero-order valence-electron chi connectivity index (χ0n) is 75.5. The van der Waals surface area contributed by atoms with E-state index in [0.717, 1.165) is 119 Å². The summed E-state index contributed by atoms with van der Waals surface area (Å²) in [7, 11) is 6.23. The van der Waals surface area contributed by atoms with Gasteiger partial charge >= 0.3 is 24.2 Å². The first-order valence-electron chi connectivity index (χ1n) is 45.7. The van der Waals surface area contributed by atoms with Gasteiger partial charge in [-0.1, -0.05) is 100 Å². The van der Waals surface area contributed by atoms with E-state index in [9.17, 15) is 62.8 Å². The van der Waals surface area contributed by atoms with Crippen molar-refractivity contribution in [2.24, 2.45) is 0 Å². The van der Waals surface area contributed by atoms with Crippen molar-refractivity contribution in [3.8, 4) is 42.0 Å². The lowest BCUT2D eigenvalue weighted by Gasteiger charge is -2.41. The number of rotatable bonds is 21. The molecule has 700 valence electrons. The molecule has 36 heteroatoms. The van der Waals surface area contributed by atoms with E-state index in [2.05, 4.69) is 126 Å². The number of halogens is 5. The van der Waals surface area contributed by atoms with Gasteiger partial charge < -0.3 is 78.1 Å². The van der Waals surface area contributed by atoms with E-state index in [1.807, 2.05) is 47.2 Å². The minimum atomic E-state index is -4.64. The van der Waals surface area contributed by atoms with Crippen molar-refractivity contribution in [3.63, 3.8) is 0 Å². The van der Waals surface area contributed by atoms with E-state index in [0.29, 0.717) is 155 Å². The Kier molecular flexibility index (Phi) is 28.0. The Morgan fingerprint density at radius 2 is 0.822 bits per heavy atom. The minimum Gasteiger partial charge on any atom is -0.508 e. The maximum absolute atomic E-state index is 14.2. The van der Waals surface area contributed by atoms with Crippen LogP contribution in [0.15, 0.2) is 138 Å². The summed E-state index contributed by atoms with van der Waals surface area (Å²) in [6.45, 7) is 20.4. The average Bonchev–Trinajstić information content (AvgIpc) is 1.60. The first-order valence-corrected chi connectivity index (χ1v) is 47.2. The Morgan fingerprint density at radius 3 is 1.21 bits per heavy atom. The second-order valence-electron chi connectivity index (χ2n) is 35.9. The number of benzene rings is 6. The van der Waals surface area contributed by atoms with Crippen molar-refractivity contribution in [1.29, 1.82) is 15.8 Å². The van der Waals surface area contributed by atoms with Crippen molar-refractivity contribution in [2.45, 2.75) is 152 Å². The van der Waals surface area contributed by atoms with Crippen LogP contribution in [0.3, 0.4) is 0 Å². The van der Waals surface area contributed by atoms with Gasteiger partial charge in [0.05, 0.1) is 123 Å². The van der Waals surface area contributed by atoms with Crippen molar-refractivity contribution in [3.05, 3.63) is 205 Å². The summed E-state index contributed by atoms with van der Waals surface area (Å²) in [6.07, 6.45) is 8.03. The quantitative estimate of drug-likeness (QED) is 0.0653. The number of nitrogens with zero attached hydrogens (tertiary/aromatic N) is 21. The molecule has 6 atom stereocenters. The van der Waals surface area contributed by atoms with E-state index in [-0.39, 0.29) is 128 Å². The van der Waals surface area contributed by atoms with Crippen LogP contribution in [0.1, 0.15) is 139 Å². The highest BCUT2D eigenvalue weighted by atomic mass is 79.9. The molecule has 0 bridgehead atoms. The number of hydrogen-bond donors (Lipinski definition) is 1. The Balaban J connectivity index is 0.000000141. The Bertz CT molecular complexity index is 6330. The number of anilines is 3. The zero-order chi connectivity index (χ0) is 94.8. The fraction of sp³-hybridized carbons (Fsp3) is 0.424. The average molecular weight is 1960 g/mol. The van der Waals surface area contributed by atoms with Crippen LogP contribution in [0.25, 0.3) is 32.3 Å². The first-order chi connectivity index (χ1) is 65.2. The highest BCUT2D eigenvalue weighted by molar-refractivity contribution is 9.11. The van der Waals surface area contributed by atoms with Crippen LogP contribution in [-0.4, -0.2) is 270 Å². The molecule has 9 aliphatic heterocycles. The zero-order valence-corrected chi connectivity index (χ0v) is 78.7. The van der Waals surface area contributed by atoms with Gasteiger partial charge in [-0.2, -0.15) is 58.9 Å². The molecule has 19 rings (SSSR count). The van der Waals surface area contributed by atoms with Gasteiger partial charge in [-0.15, -0.1) is 0 Å². The smallest absolute Gasteiger partial charge is 0.417 e. The first kappa shape index (κ1) is 93.9. The highest BCUT2D eigenvalue weighted by Gasteiger charge is 2.43. The SMILES string of the molecule is C=CC(=O)N1CCN(c2nc(OC[C@@H]3CCCN3C)nc3c2CN(C(=O)c2cc(O)cc4cccc(Br)c24)C3)C[C@@H]1CC#N.C=CC(=O)N1CCN(c2nc(OC[C@@H]3CCCN3C)nc3c2CN(C(=O)c2ccc4c5c(ccc(Br)c25)CC4)C3)C[C@@H]1CC#N.C=CC(=O)N1CCN(c2nc(OC[C@@H]3CCCN3C)nc3c2CN(C(=O)c2cccc4cccc(C(F)(F)F)c24)C3)C[C@@H]1CC#N. The van der Waals surface area contributed by atoms with E-state index >= 15 is 0 Å². The summed E-state index contributed by atoms with van der Waals surface area (Å²) in [4.78, 5) is 132. The molecule has 0 radical (unpaired) electrons. The van der Waals surface area contributed by atoms with Gasteiger partial charge in [0, 0.05) is 130 Å². The standard InChI is InChI=1S/C34H36BrN7O3.C33H34F3N7O3.C32H34BrN7O4/c1-3-29(43)42-16-15-40(17-23(42)12-13-36)32-26-18-41(19-28(26)37-34(38-32)45-20-24-5-4-14-39(24)2)33(44)25-10-8-21-6-7-22-9-11-27(35)31(25)30(21)22;1-3-28(44)43-16-15-41(17-22(43)12-13-37)30-25-18-42(19-27(25)38-32(39-30)46-20-23-9-6-14-40(23)2)31(45)24-10-4-7-21-8-5-11-26(29(21)24)33(34,35)36;1-3-28(42)40-13-12-38(16-21(40)9-10-34)30-25-17-39(18-27(25)35-32(36-30)44-19-22-7-5-11-37(22)2)31(43)24-15-23(41)14-20-6-4-8-26(33)29(20)24/h3,8-11,23-24H,1,4-7,12,14-20H2,2H3;3-5,7-8,10-11,22-23H,1,6,9,12,14-20H2,2H3;3-4,6,8,14-15,21-22,41H,1,5,7,9,11-13,16-19H2,2H3/t23-,24-;22-,23-;21-,22-/m000/s1. The van der Waals surface area contributed by atoms with Crippen LogP contribution in [0.2, 0.25) is 0 Å². The number of hydrogen-bond acceptors (Lipinski definition) is 25. The molecule has 1 aliphatic carbocycles. The van der Waals surface area contributed by atoms with E-state index in [4.69, 9.17) is 39.1 Å². The molecule has 3 aromatic heterocycles. The molecule has 0 unspecified atom stereocenters. The van der Waals surface area contributed by atoms with Crippen LogP contribution in [0, 0.1) is 34.0 Å². The molecule has 6 amide bonds. The number of nitriles is 3. The van der Waals surface area contributed by atoms with Gasteiger partial charge in [-0.05, 0) is 180 Å². The molecule has 6 saturated heterocycles. The lowest BCUT2D eigenvalue weighted by molar-refractivity contribution is -0.136. The number of fused-ring (bicyclic) bond motifs is 5. The predicted molar refractivity (Wildman–Crippen MR) is 506 cm³/mol.